The van der Waals surface area contributed by atoms with Gasteiger partial charge in [-0.1, -0.05) is 24.4 Å². The maximum atomic E-state index is 12.4. The SMILES string of the molecule is COc1ccc(-c2c3c(n([C@@H]4O[C@H](COC(C)=O)[C@@H](OC(C)=O)[C@H](OC(C)=O)[C@H]4OC(C)=O)c(=S)c2C#N)CCCC3)cc1. The van der Waals surface area contributed by atoms with Crippen LogP contribution in [0, 0.1) is 16.0 Å². The van der Waals surface area contributed by atoms with Crippen LogP contribution in [0.15, 0.2) is 24.3 Å². The monoisotopic (exact) mass is 626 g/mol. The number of aromatic nitrogens is 1. The molecule has 0 unspecified atom stereocenters. The van der Waals surface area contributed by atoms with Crippen molar-refractivity contribution in [2.24, 2.45) is 0 Å². The molecule has 0 radical (unpaired) electrons. The normalized spacial score (nSPS) is 22.5. The highest BCUT2D eigenvalue weighted by molar-refractivity contribution is 7.71. The van der Waals surface area contributed by atoms with Gasteiger partial charge in [0, 0.05) is 39.0 Å². The highest BCUT2D eigenvalue weighted by atomic mass is 32.1. The van der Waals surface area contributed by atoms with Gasteiger partial charge in [-0.2, -0.15) is 5.26 Å². The quantitative estimate of drug-likeness (QED) is 0.237. The van der Waals surface area contributed by atoms with Crippen molar-refractivity contribution in [1.82, 2.24) is 4.57 Å². The van der Waals surface area contributed by atoms with Crippen LogP contribution in [0.3, 0.4) is 0 Å². The first-order chi connectivity index (χ1) is 21.0. The van der Waals surface area contributed by atoms with Gasteiger partial charge in [-0.25, -0.2) is 0 Å². The molecule has 2 aliphatic rings. The lowest BCUT2D eigenvalue weighted by molar-refractivity contribution is -0.269. The molecule has 0 saturated carbocycles. The van der Waals surface area contributed by atoms with Crippen LogP contribution in [0.2, 0.25) is 0 Å². The van der Waals surface area contributed by atoms with Gasteiger partial charge in [0.1, 0.15) is 29.2 Å². The van der Waals surface area contributed by atoms with Crippen LogP contribution in [0.25, 0.3) is 11.1 Å². The molecule has 4 rings (SSSR count). The van der Waals surface area contributed by atoms with Crippen molar-refractivity contribution in [2.45, 2.75) is 84.0 Å². The summed E-state index contributed by atoms with van der Waals surface area (Å²) in [5.41, 5.74) is 3.31. The van der Waals surface area contributed by atoms with E-state index in [1.807, 2.05) is 12.1 Å². The van der Waals surface area contributed by atoms with E-state index in [0.29, 0.717) is 24.2 Å². The molecule has 12 nitrogen and oxygen atoms in total. The van der Waals surface area contributed by atoms with Gasteiger partial charge < -0.3 is 33.0 Å². The lowest BCUT2D eigenvalue weighted by atomic mass is 9.86. The highest BCUT2D eigenvalue weighted by Gasteiger charge is 2.53. The summed E-state index contributed by atoms with van der Waals surface area (Å²) in [6, 6.07) is 9.58. The number of carbonyl (C=O) groups is 4. The van der Waals surface area contributed by atoms with Crippen molar-refractivity contribution in [2.75, 3.05) is 13.7 Å². The van der Waals surface area contributed by atoms with Crippen LogP contribution < -0.4 is 4.74 Å². The molecule has 0 spiro atoms. The Balaban J connectivity index is 1.98. The van der Waals surface area contributed by atoms with Gasteiger partial charge in [-0.05, 0) is 48.9 Å². The van der Waals surface area contributed by atoms with E-state index in [2.05, 4.69) is 6.07 Å². The van der Waals surface area contributed by atoms with Crippen LogP contribution in [0.5, 0.6) is 5.75 Å². The van der Waals surface area contributed by atoms with Gasteiger partial charge in [0.25, 0.3) is 0 Å². The van der Waals surface area contributed by atoms with Gasteiger partial charge in [-0.15, -0.1) is 0 Å². The molecule has 0 bridgehead atoms. The Bertz CT molecular complexity index is 1540. The predicted octanol–water partition coefficient (Wildman–Crippen LogP) is 3.90. The lowest BCUT2D eigenvalue weighted by Gasteiger charge is -2.46. The van der Waals surface area contributed by atoms with E-state index >= 15 is 0 Å². The van der Waals surface area contributed by atoms with Gasteiger partial charge in [-0.3, -0.25) is 19.2 Å². The highest BCUT2D eigenvalue weighted by Crippen LogP contribution is 2.41. The molecule has 1 aromatic carbocycles. The number of fused-ring (bicyclic) bond motifs is 1. The number of nitrogens with zero attached hydrogens (tertiary/aromatic N) is 2. The minimum Gasteiger partial charge on any atom is -0.497 e. The summed E-state index contributed by atoms with van der Waals surface area (Å²) in [6.45, 7) is 4.32. The fourth-order valence-corrected chi connectivity index (χ4v) is 6.15. The summed E-state index contributed by atoms with van der Waals surface area (Å²) in [6.07, 6.45) is -3.58. The van der Waals surface area contributed by atoms with Gasteiger partial charge in [0.2, 0.25) is 0 Å². The molecular formula is C31H34N2O10S. The van der Waals surface area contributed by atoms with E-state index < -0.39 is 54.5 Å². The first-order valence-electron chi connectivity index (χ1n) is 14.1. The first-order valence-corrected chi connectivity index (χ1v) is 14.5. The Hall–Kier alpha value is -4.28. The molecule has 1 saturated heterocycles. The molecule has 5 atom stereocenters. The van der Waals surface area contributed by atoms with Crippen molar-refractivity contribution in [3.8, 4) is 22.9 Å². The number of benzene rings is 1. The van der Waals surface area contributed by atoms with Crippen LogP contribution in [0.1, 0.15) is 63.6 Å². The predicted molar refractivity (Wildman–Crippen MR) is 156 cm³/mol. The summed E-state index contributed by atoms with van der Waals surface area (Å²) < 4.78 is 35.6. The zero-order valence-electron chi connectivity index (χ0n) is 25.1. The smallest absolute Gasteiger partial charge is 0.303 e. The van der Waals surface area contributed by atoms with Crippen molar-refractivity contribution >= 4 is 36.1 Å². The van der Waals surface area contributed by atoms with Gasteiger partial charge in [0.15, 0.2) is 24.5 Å². The average Bonchev–Trinajstić information content (AvgIpc) is 2.97. The third-order valence-electron chi connectivity index (χ3n) is 7.43. The molecule has 234 valence electrons. The molecule has 2 heterocycles. The van der Waals surface area contributed by atoms with Crippen LogP contribution >= 0.6 is 12.2 Å². The molecule has 1 aliphatic carbocycles. The number of rotatable bonds is 8. The number of ether oxygens (including phenoxy) is 6. The second-order valence-corrected chi connectivity index (χ2v) is 10.9. The number of nitriles is 1. The molecule has 13 heteroatoms. The van der Waals surface area contributed by atoms with E-state index in [-0.39, 0.29) is 16.8 Å². The average molecular weight is 627 g/mol. The van der Waals surface area contributed by atoms with E-state index in [9.17, 15) is 24.4 Å². The zero-order chi connectivity index (χ0) is 32.1. The summed E-state index contributed by atoms with van der Waals surface area (Å²) in [4.78, 5) is 48.7. The number of pyridine rings is 1. The number of esters is 4. The Morgan fingerprint density at radius 3 is 2.07 bits per heavy atom. The minimum atomic E-state index is -1.37. The number of methoxy groups -OCH3 is 1. The summed E-state index contributed by atoms with van der Waals surface area (Å²) in [5.74, 6) is -2.16. The molecule has 1 aliphatic heterocycles. The number of hydrogen-bond donors (Lipinski definition) is 0. The second-order valence-electron chi connectivity index (χ2n) is 10.5. The topological polar surface area (TPSA) is 152 Å². The lowest BCUT2D eigenvalue weighted by Crippen LogP contribution is -2.61. The summed E-state index contributed by atoms with van der Waals surface area (Å²) in [5, 5.41) is 10.4. The zero-order valence-corrected chi connectivity index (χ0v) is 25.9. The summed E-state index contributed by atoms with van der Waals surface area (Å²) in [7, 11) is 1.57. The second kappa shape index (κ2) is 14.0. The Labute approximate surface area is 259 Å². The largest absolute Gasteiger partial charge is 0.497 e. The molecule has 0 N–H and O–H groups in total. The third kappa shape index (κ3) is 6.92. The van der Waals surface area contributed by atoms with E-state index in [0.717, 1.165) is 43.5 Å². The van der Waals surface area contributed by atoms with E-state index in [1.54, 1.807) is 23.8 Å². The fourth-order valence-electron chi connectivity index (χ4n) is 5.79. The molecule has 1 aromatic heterocycles. The van der Waals surface area contributed by atoms with E-state index in [4.69, 9.17) is 40.6 Å². The van der Waals surface area contributed by atoms with Gasteiger partial charge in [0.05, 0.1) is 12.7 Å². The van der Waals surface area contributed by atoms with Crippen LogP contribution in [0.4, 0.5) is 0 Å². The fraction of sp³-hybridized carbons (Fsp3) is 0.484. The van der Waals surface area contributed by atoms with Crippen LogP contribution in [-0.4, -0.2) is 66.6 Å². The number of hydrogen-bond acceptors (Lipinski definition) is 12. The Morgan fingerprint density at radius 2 is 1.50 bits per heavy atom. The molecule has 1 fully saturated rings. The molecule has 44 heavy (non-hydrogen) atoms. The summed E-state index contributed by atoms with van der Waals surface area (Å²) >= 11 is 5.95. The maximum absolute atomic E-state index is 12.4. The molecule has 0 amide bonds. The Kier molecular flexibility index (Phi) is 10.4. The van der Waals surface area contributed by atoms with Crippen molar-refractivity contribution < 1.29 is 47.6 Å². The van der Waals surface area contributed by atoms with Crippen molar-refractivity contribution in [1.29, 1.82) is 5.26 Å². The maximum Gasteiger partial charge on any atom is 0.303 e. The molecular weight excluding hydrogens is 592 g/mol. The standard InChI is InChI=1S/C31H34N2O10S/c1-16(34)39-15-25-27(40-17(2)35)28(41-18(3)36)29(42-19(4)37)30(43-25)33-24-9-7-6-8-22(24)26(23(14-32)31(33)44)20-10-12-21(38-5)13-11-20/h10-13,25,27-30H,6-9,15H2,1-5H3/t25-,27-,28+,29-,30-/m1/s1. The number of carbonyl (C=O) groups excluding carboxylic acids is 4. The third-order valence-corrected chi connectivity index (χ3v) is 7.83. The van der Waals surface area contributed by atoms with Gasteiger partial charge >= 0.3 is 23.9 Å². The first kappa shape index (κ1) is 32.6. The van der Waals surface area contributed by atoms with E-state index in [1.165, 1.54) is 13.8 Å². The van der Waals surface area contributed by atoms with Crippen molar-refractivity contribution in [3.05, 3.63) is 45.7 Å². The Morgan fingerprint density at radius 1 is 0.909 bits per heavy atom. The minimum absolute atomic E-state index is 0.111. The molecule has 2 aromatic rings. The van der Waals surface area contributed by atoms with Crippen LogP contribution in [-0.2, 0) is 55.7 Å². The van der Waals surface area contributed by atoms with Crippen molar-refractivity contribution in [3.63, 3.8) is 0 Å².